The van der Waals surface area contributed by atoms with Crippen molar-refractivity contribution >= 4 is 17.5 Å². The molecule has 3 heterocycles. The number of piperazine rings is 1. The second-order valence-electron chi connectivity index (χ2n) is 7.96. The second-order valence-corrected chi connectivity index (χ2v) is 7.96. The van der Waals surface area contributed by atoms with E-state index in [2.05, 4.69) is 41.9 Å². The second kappa shape index (κ2) is 8.23. The van der Waals surface area contributed by atoms with Crippen LogP contribution in [0.15, 0.2) is 36.7 Å². The standard InChI is InChI=1S/C23H28N4O2/c1-17-6-5-7-21(18(17)2)25-10-12-27(13-11-25)23(29)20-14-19(15-24-16-20)22(28)26-8-3-4-9-26/h5-7,14-16H,3-4,8-13H2,1-2H3. The number of benzene rings is 1. The number of amides is 2. The Labute approximate surface area is 172 Å². The third-order valence-corrected chi connectivity index (χ3v) is 6.11. The van der Waals surface area contributed by atoms with Gasteiger partial charge in [-0.1, -0.05) is 12.1 Å². The zero-order valence-corrected chi connectivity index (χ0v) is 17.2. The molecule has 2 saturated heterocycles. The number of pyridine rings is 1. The summed E-state index contributed by atoms with van der Waals surface area (Å²) < 4.78 is 0. The van der Waals surface area contributed by atoms with Crippen molar-refractivity contribution in [3.8, 4) is 0 Å². The molecule has 1 aromatic carbocycles. The van der Waals surface area contributed by atoms with Crippen LogP contribution in [0.4, 0.5) is 5.69 Å². The molecule has 6 nitrogen and oxygen atoms in total. The van der Waals surface area contributed by atoms with Gasteiger partial charge in [-0.15, -0.1) is 0 Å². The van der Waals surface area contributed by atoms with Crippen molar-refractivity contribution in [1.29, 1.82) is 0 Å². The number of hydrogen-bond donors (Lipinski definition) is 0. The predicted octanol–water partition coefficient (Wildman–Crippen LogP) is 2.90. The van der Waals surface area contributed by atoms with E-state index >= 15 is 0 Å². The van der Waals surface area contributed by atoms with E-state index in [4.69, 9.17) is 0 Å². The average molecular weight is 393 g/mol. The summed E-state index contributed by atoms with van der Waals surface area (Å²) in [6.07, 6.45) is 5.22. The van der Waals surface area contributed by atoms with Crippen LogP contribution in [0.1, 0.15) is 44.7 Å². The molecule has 0 aliphatic carbocycles. The fraction of sp³-hybridized carbons (Fsp3) is 0.435. The van der Waals surface area contributed by atoms with E-state index in [0.29, 0.717) is 24.2 Å². The molecule has 0 bridgehead atoms. The van der Waals surface area contributed by atoms with E-state index in [0.717, 1.165) is 39.0 Å². The first-order valence-electron chi connectivity index (χ1n) is 10.4. The highest BCUT2D eigenvalue weighted by atomic mass is 16.2. The lowest BCUT2D eigenvalue weighted by atomic mass is 10.1. The first kappa shape index (κ1) is 19.4. The Balaban J connectivity index is 1.43. The summed E-state index contributed by atoms with van der Waals surface area (Å²) in [5, 5.41) is 0. The third-order valence-electron chi connectivity index (χ3n) is 6.11. The van der Waals surface area contributed by atoms with Crippen molar-refractivity contribution in [3.63, 3.8) is 0 Å². The van der Waals surface area contributed by atoms with Gasteiger partial charge in [0.25, 0.3) is 11.8 Å². The highest BCUT2D eigenvalue weighted by molar-refractivity contribution is 5.99. The molecule has 2 fully saturated rings. The fourth-order valence-corrected chi connectivity index (χ4v) is 4.19. The van der Waals surface area contributed by atoms with Crippen LogP contribution in [0.3, 0.4) is 0 Å². The van der Waals surface area contributed by atoms with Crippen molar-refractivity contribution in [2.75, 3.05) is 44.2 Å². The largest absolute Gasteiger partial charge is 0.368 e. The van der Waals surface area contributed by atoms with Gasteiger partial charge in [0.2, 0.25) is 0 Å². The van der Waals surface area contributed by atoms with Gasteiger partial charge in [-0.05, 0) is 49.9 Å². The summed E-state index contributed by atoms with van der Waals surface area (Å²) in [5.41, 5.74) is 4.83. The highest BCUT2D eigenvalue weighted by Gasteiger charge is 2.25. The Morgan fingerprint density at radius 1 is 0.828 bits per heavy atom. The van der Waals surface area contributed by atoms with Crippen LogP contribution < -0.4 is 4.90 Å². The van der Waals surface area contributed by atoms with E-state index in [1.807, 2.05) is 9.80 Å². The minimum Gasteiger partial charge on any atom is -0.368 e. The topological polar surface area (TPSA) is 56.8 Å². The first-order valence-corrected chi connectivity index (χ1v) is 10.4. The molecule has 0 atom stereocenters. The molecule has 0 N–H and O–H groups in total. The molecule has 2 aromatic rings. The average Bonchev–Trinajstić information content (AvgIpc) is 3.30. The molecule has 2 aliphatic heterocycles. The monoisotopic (exact) mass is 392 g/mol. The van der Waals surface area contributed by atoms with Gasteiger partial charge in [0.05, 0.1) is 11.1 Å². The molecule has 152 valence electrons. The fourth-order valence-electron chi connectivity index (χ4n) is 4.19. The number of aromatic nitrogens is 1. The summed E-state index contributed by atoms with van der Waals surface area (Å²) in [6, 6.07) is 8.07. The third kappa shape index (κ3) is 3.97. The molecule has 0 spiro atoms. The molecular weight excluding hydrogens is 364 g/mol. The molecule has 0 saturated carbocycles. The minimum atomic E-state index is -0.0470. The van der Waals surface area contributed by atoms with Crippen molar-refractivity contribution in [3.05, 3.63) is 58.9 Å². The molecule has 0 radical (unpaired) electrons. The van der Waals surface area contributed by atoms with Gasteiger partial charge < -0.3 is 14.7 Å². The van der Waals surface area contributed by atoms with Crippen LogP contribution in [0.5, 0.6) is 0 Å². The zero-order chi connectivity index (χ0) is 20.4. The van der Waals surface area contributed by atoms with Crippen molar-refractivity contribution in [2.45, 2.75) is 26.7 Å². The van der Waals surface area contributed by atoms with Gasteiger partial charge in [-0.25, -0.2) is 0 Å². The summed E-state index contributed by atoms with van der Waals surface area (Å²) in [6.45, 7) is 8.78. The van der Waals surface area contributed by atoms with Crippen LogP contribution in [-0.4, -0.2) is 65.9 Å². The van der Waals surface area contributed by atoms with E-state index in [1.165, 1.54) is 16.8 Å². The number of carbonyl (C=O) groups is 2. The maximum absolute atomic E-state index is 13.0. The number of likely N-dealkylation sites (tertiary alicyclic amines) is 1. The van der Waals surface area contributed by atoms with Crippen LogP contribution in [0.25, 0.3) is 0 Å². The van der Waals surface area contributed by atoms with Gasteiger partial charge in [0.15, 0.2) is 0 Å². The van der Waals surface area contributed by atoms with Gasteiger partial charge >= 0.3 is 0 Å². The number of anilines is 1. The molecule has 29 heavy (non-hydrogen) atoms. The lowest BCUT2D eigenvalue weighted by Gasteiger charge is -2.37. The van der Waals surface area contributed by atoms with E-state index in [1.54, 1.807) is 18.5 Å². The molecule has 2 aliphatic rings. The maximum Gasteiger partial charge on any atom is 0.255 e. The predicted molar refractivity (Wildman–Crippen MR) is 113 cm³/mol. The van der Waals surface area contributed by atoms with Crippen LogP contribution in [-0.2, 0) is 0 Å². The summed E-state index contributed by atoms with van der Waals surface area (Å²) in [4.78, 5) is 35.8. The summed E-state index contributed by atoms with van der Waals surface area (Å²) in [5.74, 6) is -0.0708. The number of aryl methyl sites for hydroxylation is 1. The molecule has 0 unspecified atom stereocenters. The van der Waals surface area contributed by atoms with E-state index < -0.39 is 0 Å². The van der Waals surface area contributed by atoms with Crippen LogP contribution >= 0.6 is 0 Å². The van der Waals surface area contributed by atoms with Crippen molar-refractivity contribution in [1.82, 2.24) is 14.8 Å². The SMILES string of the molecule is Cc1cccc(N2CCN(C(=O)c3cncc(C(=O)N4CCCC4)c3)CC2)c1C. The minimum absolute atomic E-state index is 0.0237. The van der Waals surface area contributed by atoms with Gasteiger partial charge in [-0.2, -0.15) is 0 Å². The molecule has 2 amide bonds. The highest BCUT2D eigenvalue weighted by Crippen LogP contribution is 2.24. The van der Waals surface area contributed by atoms with Crippen LogP contribution in [0.2, 0.25) is 0 Å². The lowest BCUT2D eigenvalue weighted by Crippen LogP contribution is -2.49. The van der Waals surface area contributed by atoms with E-state index in [9.17, 15) is 9.59 Å². The Morgan fingerprint density at radius 2 is 1.41 bits per heavy atom. The zero-order valence-electron chi connectivity index (χ0n) is 17.2. The van der Waals surface area contributed by atoms with Gasteiger partial charge in [0, 0.05) is 57.3 Å². The lowest BCUT2D eigenvalue weighted by molar-refractivity contribution is 0.0746. The summed E-state index contributed by atoms with van der Waals surface area (Å²) >= 11 is 0. The summed E-state index contributed by atoms with van der Waals surface area (Å²) in [7, 11) is 0. The molecule has 1 aromatic heterocycles. The Bertz CT molecular complexity index is 913. The molecule has 4 rings (SSSR count). The Hall–Kier alpha value is -2.89. The quantitative estimate of drug-likeness (QED) is 0.806. The Kier molecular flexibility index (Phi) is 5.51. The smallest absolute Gasteiger partial charge is 0.255 e. The van der Waals surface area contributed by atoms with Gasteiger partial charge in [0.1, 0.15) is 0 Å². The first-order chi connectivity index (χ1) is 14.0. The number of rotatable bonds is 3. The van der Waals surface area contributed by atoms with Crippen LogP contribution in [0, 0.1) is 13.8 Å². The number of nitrogens with zero attached hydrogens (tertiary/aromatic N) is 4. The van der Waals surface area contributed by atoms with E-state index in [-0.39, 0.29) is 11.8 Å². The Morgan fingerprint density at radius 3 is 2.03 bits per heavy atom. The maximum atomic E-state index is 13.0. The van der Waals surface area contributed by atoms with Crippen molar-refractivity contribution < 1.29 is 9.59 Å². The van der Waals surface area contributed by atoms with Crippen molar-refractivity contribution in [2.24, 2.45) is 0 Å². The molecule has 6 heteroatoms. The number of hydrogen-bond acceptors (Lipinski definition) is 4. The molecular formula is C23H28N4O2. The number of carbonyl (C=O) groups excluding carboxylic acids is 2. The van der Waals surface area contributed by atoms with Gasteiger partial charge in [-0.3, -0.25) is 14.6 Å². The normalized spacial score (nSPS) is 17.0.